The van der Waals surface area contributed by atoms with Crippen LogP contribution in [0.15, 0.2) is 46.6 Å². The number of aromatic nitrogens is 1. The fourth-order valence-electron chi connectivity index (χ4n) is 1.73. The van der Waals surface area contributed by atoms with Crippen LogP contribution in [0.25, 0.3) is 0 Å². The number of nitrogens with zero attached hydrogens (tertiary/aromatic N) is 2. The van der Waals surface area contributed by atoms with Crippen molar-refractivity contribution < 1.29 is 14.1 Å². The van der Waals surface area contributed by atoms with E-state index in [0.717, 1.165) is 0 Å². The Hall–Kier alpha value is -3.27. The van der Waals surface area contributed by atoms with E-state index in [0.29, 0.717) is 29.6 Å². The lowest BCUT2D eigenvalue weighted by molar-refractivity contribution is -0.112. The maximum Gasteiger partial charge on any atom is 0.267 e. The smallest absolute Gasteiger partial charge is 0.267 e. The molecule has 0 saturated heterocycles. The van der Waals surface area contributed by atoms with E-state index < -0.39 is 5.91 Å². The fraction of sp³-hybridized carbons (Fsp3) is 0.188. The molecule has 0 bridgehead atoms. The van der Waals surface area contributed by atoms with Crippen LogP contribution in [0.5, 0.6) is 5.75 Å². The van der Waals surface area contributed by atoms with Gasteiger partial charge in [-0.15, -0.1) is 0 Å². The van der Waals surface area contributed by atoms with E-state index in [4.69, 9.17) is 14.5 Å². The zero-order valence-corrected chi connectivity index (χ0v) is 12.8. The van der Waals surface area contributed by atoms with Crippen LogP contribution in [-0.2, 0) is 4.79 Å². The molecule has 0 atom stereocenters. The van der Waals surface area contributed by atoms with Gasteiger partial charge >= 0.3 is 0 Å². The highest BCUT2D eigenvalue weighted by Gasteiger charge is 2.10. The molecule has 0 saturated carbocycles. The molecule has 118 valence electrons. The second kappa shape index (κ2) is 7.66. The molecule has 0 aliphatic heterocycles. The fourth-order valence-corrected chi connectivity index (χ4v) is 1.73. The van der Waals surface area contributed by atoms with Gasteiger partial charge in [0, 0.05) is 18.0 Å². The van der Waals surface area contributed by atoms with Crippen molar-refractivity contribution in [1.82, 2.24) is 5.16 Å². The van der Waals surface area contributed by atoms with Gasteiger partial charge in [-0.1, -0.05) is 5.16 Å². The lowest BCUT2D eigenvalue weighted by Gasteiger charge is -2.06. The number of amides is 1. The first-order chi connectivity index (χ1) is 11.1. The van der Waals surface area contributed by atoms with Gasteiger partial charge in [0.05, 0.1) is 6.61 Å². The third kappa shape index (κ3) is 4.61. The summed E-state index contributed by atoms with van der Waals surface area (Å²) in [4.78, 5) is 12.1. The van der Waals surface area contributed by atoms with Crippen LogP contribution in [-0.4, -0.2) is 17.7 Å². The number of carbonyl (C=O) groups is 1. The highest BCUT2D eigenvalue weighted by atomic mass is 16.5. The number of hydrogen-bond acceptors (Lipinski definition) is 6. The molecule has 1 aromatic carbocycles. The molecule has 1 aromatic heterocycles. The van der Waals surface area contributed by atoms with Crippen LogP contribution in [0.3, 0.4) is 0 Å². The van der Waals surface area contributed by atoms with E-state index in [9.17, 15) is 4.79 Å². The van der Waals surface area contributed by atoms with Crippen LogP contribution < -0.4 is 15.4 Å². The number of aryl methyl sites for hydroxylation is 1. The minimum Gasteiger partial charge on any atom is -0.494 e. The molecule has 0 aliphatic carbocycles. The molecule has 7 heteroatoms. The van der Waals surface area contributed by atoms with E-state index in [2.05, 4.69) is 15.8 Å². The van der Waals surface area contributed by atoms with Gasteiger partial charge in [-0.3, -0.25) is 4.79 Å². The molecule has 2 N–H and O–H groups in total. The summed E-state index contributed by atoms with van der Waals surface area (Å²) in [5, 5.41) is 18.2. The molecule has 1 heterocycles. The van der Waals surface area contributed by atoms with Crippen molar-refractivity contribution in [3.8, 4) is 11.8 Å². The summed E-state index contributed by atoms with van der Waals surface area (Å²) >= 11 is 0. The lowest BCUT2D eigenvalue weighted by atomic mass is 10.2. The summed E-state index contributed by atoms with van der Waals surface area (Å²) in [7, 11) is 0. The number of anilines is 2. The lowest BCUT2D eigenvalue weighted by Crippen LogP contribution is -2.14. The van der Waals surface area contributed by atoms with E-state index in [-0.39, 0.29) is 5.57 Å². The van der Waals surface area contributed by atoms with Gasteiger partial charge in [0.2, 0.25) is 0 Å². The minimum atomic E-state index is -0.524. The minimum absolute atomic E-state index is 0.0838. The third-order valence-corrected chi connectivity index (χ3v) is 2.78. The normalized spacial score (nSPS) is 10.7. The van der Waals surface area contributed by atoms with Gasteiger partial charge in [0.1, 0.15) is 23.2 Å². The van der Waals surface area contributed by atoms with E-state index in [1.807, 2.05) is 13.0 Å². The molecule has 2 rings (SSSR count). The van der Waals surface area contributed by atoms with Crippen molar-refractivity contribution in [2.24, 2.45) is 0 Å². The van der Waals surface area contributed by atoms with Crippen molar-refractivity contribution in [1.29, 1.82) is 5.26 Å². The van der Waals surface area contributed by atoms with Crippen LogP contribution >= 0.6 is 0 Å². The van der Waals surface area contributed by atoms with Gasteiger partial charge < -0.3 is 19.9 Å². The highest BCUT2D eigenvalue weighted by molar-refractivity contribution is 6.06. The molecular formula is C16H16N4O3. The van der Waals surface area contributed by atoms with E-state index in [1.54, 1.807) is 37.3 Å². The topological polar surface area (TPSA) is 100 Å². The molecule has 0 spiro atoms. The number of carbonyl (C=O) groups excluding carboxylic acids is 1. The Labute approximate surface area is 133 Å². The van der Waals surface area contributed by atoms with Crippen LogP contribution in [0.4, 0.5) is 11.5 Å². The number of nitrogens with one attached hydrogen (secondary N) is 2. The first-order valence-electron chi connectivity index (χ1n) is 6.96. The van der Waals surface area contributed by atoms with Crippen molar-refractivity contribution in [2.45, 2.75) is 13.8 Å². The Morgan fingerprint density at radius 2 is 2.17 bits per heavy atom. The summed E-state index contributed by atoms with van der Waals surface area (Å²) in [5.74, 6) is 1.23. The maximum absolute atomic E-state index is 12.1. The highest BCUT2D eigenvalue weighted by Crippen LogP contribution is 2.16. The van der Waals surface area contributed by atoms with Crippen LogP contribution in [0.2, 0.25) is 0 Å². The molecule has 0 unspecified atom stereocenters. The number of nitriles is 1. The van der Waals surface area contributed by atoms with Crippen molar-refractivity contribution in [3.05, 3.63) is 47.9 Å². The summed E-state index contributed by atoms with van der Waals surface area (Å²) < 4.78 is 10.2. The monoisotopic (exact) mass is 312 g/mol. The Kier molecular flexibility index (Phi) is 5.36. The zero-order chi connectivity index (χ0) is 16.7. The zero-order valence-electron chi connectivity index (χ0n) is 12.8. The molecule has 2 aromatic rings. The van der Waals surface area contributed by atoms with Gasteiger partial charge in [0.25, 0.3) is 5.91 Å². The predicted molar refractivity (Wildman–Crippen MR) is 84.8 cm³/mol. The number of hydrogen-bond donors (Lipinski definition) is 2. The average Bonchev–Trinajstić information content (AvgIpc) is 2.95. The third-order valence-electron chi connectivity index (χ3n) is 2.78. The summed E-state index contributed by atoms with van der Waals surface area (Å²) in [6.45, 7) is 4.20. The largest absolute Gasteiger partial charge is 0.494 e. The average molecular weight is 312 g/mol. The van der Waals surface area contributed by atoms with Crippen molar-refractivity contribution in [2.75, 3.05) is 17.2 Å². The van der Waals surface area contributed by atoms with Gasteiger partial charge in [-0.2, -0.15) is 5.26 Å². The second-order valence-corrected chi connectivity index (χ2v) is 4.55. The van der Waals surface area contributed by atoms with Crippen LogP contribution in [0, 0.1) is 18.3 Å². The number of benzene rings is 1. The van der Waals surface area contributed by atoms with Gasteiger partial charge in [0.15, 0.2) is 5.82 Å². The van der Waals surface area contributed by atoms with E-state index >= 15 is 0 Å². The van der Waals surface area contributed by atoms with Gasteiger partial charge in [-0.05, 0) is 38.1 Å². The molecule has 7 nitrogen and oxygen atoms in total. The van der Waals surface area contributed by atoms with Crippen molar-refractivity contribution in [3.63, 3.8) is 0 Å². The van der Waals surface area contributed by atoms with Gasteiger partial charge in [-0.25, -0.2) is 0 Å². The Morgan fingerprint density at radius 1 is 1.43 bits per heavy atom. The summed E-state index contributed by atoms with van der Waals surface area (Å²) in [5.41, 5.74) is 0.483. The first kappa shape index (κ1) is 16.1. The molecule has 0 radical (unpaired) electrons. The molecule has 1 amide bonds. The molecular weight excluding hydrogens is 296 g/mol. The second-order valence-electron chi connectivity index (χ2n) is 4.55. The Balaban J connectivity index is 2.00. The Bertz CT molecular complexity index is 741. The van der Waals surface area contributed by atoms with Crippen molar-refractivity contribution >= 4 is 17.4 Å². The standard InChI is InChI=1S/C16H16N4O3/c1-3-22-14-6-4-13(5-7-14)19-16(21)12(9-17)10-18-15-8-11(2)23-20-15/h4-8,10H,3H2,1-2H3,(H,18,20)(H,19,21)/b12-10-. The first-order valence-corrected chi connectivity index (χ1v) is 6.96. The molecule has 0 fully saturated rings. The maximum atomic E-state index is 12.1. The summed E-state index contributed by atoms with van der Waals surface area (Å²) in [6.07, 6.45) is 1.28. The summed E-state index contributed by atoms with van der Waals surface area (Å²) in [6, 6.07) is 10.4. The Morgan fingerprint density at radius 3 is 2.74 bits per heavy atom. The quantitative estimate of drug-likeness (QED) is 0.628. The number of ether oxygens (including phenoxy) is 1. The predicted octanol–water partition coefficient (Wildman–Crippen LogP) is 2.84. The van der Waals surface area contributed by atoms with Crippen LogP contribution in [0.1, 0.15) is 12.7 Å². The molecule has 23 heavy (non-hydrogen) atoms. The van der Waals surface area contributed by atoms with E-state index in [1.165, 1.54) is 6.20 Å². The molecule has 0 aliphatic rings. The number of rotatable bonds is 6. The SMILES string of the molecule is CCOc1ccc(NC(=O)/C(C#N)=C\Nc2cc(C)on2)cc1.